The van der Waals surface area contributed by atoms with Gasteiger partial charge in [0.25, 0.3) is 5.69 Å². The monoisotopic (exact) mass is 417 g/mol. The van der Waals surface area contributed by atoms with E-state index >= 15 is 0 Å². The lowest BCUT2D eigenvalue weighted by Gasteiger charge is -2.40. The maximum Gasteiger partial charge on any atom is 0.293 e. The first-order valence-corrected chi connectivity index (χ1v) is 11.1. The summed E-state index contributed by atoms with van der Waals surface area (Å²) in [6.07, 6.45) is 2.58. The summed E-state index contributed by atoms with van der Waals surface area (Å²) in [5.74, 6) is 0.759. The van der Waals surface area contributed by atoms with Crippen LogP contribution in [0.2, 0.25) is 0 Å². The first-order chi connectivity index (χ1) is 13.9. The van der Waals surface area contributed by atoms with Crippen molar-refractivity contribution in [1.29, 1.82) is 0 Å². The number of nitrogens with zero attached hydrogens (tertiary/aromatic N) is 3. The summed E-state index contributed by atoms with van der Waals surface area (Å²) in [4.78, 5) is 12.9. The topological polar surface area (TPSA) is 93.0 Å². The van der Waals surface area contributed by atoms with Crippen LogP contribution in [0.3, 0.4) is 0 Å². The van der Waals surface area contributed by atoms with E-state index in [9.17, 15) is 18.5 Å². The van der Waals surface area contributed by atoms with Gasteiger partial charge >= 0.3 is 0 Å². The van der Waals surface area contributed by atoms with Crippen LogP contribution in [0.5, 0.6) is 5.75 Å². The predicted octanol–water partition coefficient (Wildman–Crippen LogP) is 3.04. The fourth-order valence-corrected chi connectivity index (χ4v) is 5.27. The lowest BCUT2D eigenvalue weighted by molar-refractivity contribution is -0.384. The number of benzene rings is 2. The SMILES string of the molecule is O=[N+]([O-])c1cc(S(=O)(=O)N2CCCCC2)ccc1N1CC(Oc2ccccc2)C1. The van der Waals surface area contributed by atoms with E-state index in [0.29, 0.717) is 31.9 Å². The first kappa shape index (κ1) is 19.7. The number of rotatable bonds is 6. The van der Waals surface area contributed by atoms with Crippen molar-refractivity contribution >= 4 is 21.4 Å². The maximum atomic E-state index is 12.9. The highest BCUT2D eigenvalue weighted by atomic mass is 32.2. The Balaban J connectivity index is 1.51. The number of ether oxygens (including phenoxy) is 1. The van der Waals surface area contributed by atoms with E-state index in [1.807, 2.05) is 35.2 Å². The molecule has 0 amide bonds. The quantitative estimate of drug-likeness (QED) is 0.530. The molecular formula is C20H23N3O5S. The molecule has 2 aliphatic heterocycles. The largest absolute Gasteiger partial charge is 0.487 e. The molecule has 2 fully saturated rings. The van der Waals surface area contributed by atoms with Crippen molar-refractivity contribution in [1.82, 2.24) is 4.31 Å². The van der Waals surface area contributed by atoms with Crippen LogP contribution in [0.4, 0.5) is 11.4 Å². The van der Waals surface area contributed by atoms with E-state index in [0.717, 1.165) is 25.0 Å². The van der Waals surface area contributed by atoms with Crippen LogP contribution < -0.4 is 9.64 Å². The van der Waals surface area contributed by atoms with Crippen molar-refractivity contribution in [3.8, 4) is 5.75 Å². The Morgan fingerprint density at radius 2 is 1.69 bits per heavy atom. The van der Waals surface area contributed by atoms with Gasteiger partial charge in [0.15, 0.2) is 0 Å². The Morgan fingerprint density at radius 1 is 1.00 bits per heavy atom. The number of sulfonamides is 1. The molecular weight excluding hydrogens is 394 g/mol. The Kier molecular flexibility index (Phi) is 5.42. The van der Waals surface area contributed by atoms with Gasteiger partial charge < -0.3 is 9.64 Å². The van der Waals surface area contributed by atoms with Gasteiger partial charge in [0, 0.05) is 19.2 Å². The van der Waals surface area contributed by atoms with Crippen molar-refractivity contribution < 1.29 is 18.1 Å². The second kappa shape index (κ2) is 8.00. The Bertz CT molecular complexity index is 984. The summed E-state index contributed by atoms with van der Waals surface area (Å²) >= 11 is 0. The third kappa shape index (κ3) is 4.06. The van der Waals surface area contributed by atoms with E-state index in [1.165, 1.54) is 22.5 Å². The van der Waals surface area contributed by atoms with Crippen LogP contribution in [0.25, 0.3) is 0 Å². The van der Waals surface area contributed by atoms with Crippen LogP contribution in [-0.2, 0) is 10.0 Å². The molecule has 0 atom stereocenters. The zero-order chi connectivity index (χ0) is 20.4. The summed E-state index contributed by atoms with van der Waals surface area (Å²) < 4.78 is 33.0. The minimum absolute atomic E-state index is 0.0209. The van der Waals surface area contributed by atoms with Crippen LogP contribution in [0.1, 0.15) is 19.3 Å². The Labute approximate surface area is 169 Å². The molecule has 0 N–H and O–H groups in total. The molecule has 2 aliphatic rings. The van der Waals surface area contributed by atoms with Gasteiger partial charge in [-0.15, -0.1) is 0 Å². The molecule has 4 rings (SSSR count). The van der Waals surface area contributed by atoms with Crippen molar-refractivity contribution in [2.75, 3.05) is 31.1 Å². The van der Waals surface area contributed by atoms with Gasteiger partial charge in [0.1, 0.15) is 17.5 Å². The second-order valence-electron chi connectivity index (χ2n) is 7.33. The summed E-state index contributed by atoms with van der Waals surface area (Å²) in [6.45, 7) is 1.94. The lowest BCUT2D eigenvalue weighted by atomic mass is 10.1. The highest BCUT2D eigenvalue weighted by molar-refractivity contribution is 7.89. The zero-order valence-electron chi connectivity index (χ0n) is 15.9. The molecule has 0 radical (unpaired) electrons. The average molecular weight is 417 g/mol. The number of nitro groups is 1. The molecule has 0 aliphatic carbocycles. The predicted molar refractivity (Wildman–Crippen MR) is 109 cm³/mol. The van der Waals surface area contributed by atoms with Gasteiger partial charge in [0.2, 0.25) is 10.0 Å². The van der Waals surface area contributed by atoms with Crippen LogP contribution in [-0.4, -0.2) is 49.9 Å². The van der Waals surface area contributed by atoms with Gasteiger partial charge in [-0.3, -0.25) is 10.1 Å². The Morgan fingerprint density at radius 3 is 2.34 bits per heavy atom. The molecule has 0 saturated carbocycles. The molecule has 0 bridgehead atoms. The average Bonchev–Trinajstić information content (AvgIpc) is 2.71. The van der Waals surface area contributed by atoms with Crippen LogP contribution in [0.15, 0.2) is 53.4 Å². The van der Waals surface area contributed by atoms with Gasteiger partial charge in [-0.2, -0.15) is 4.31 Å². The summed E-state index contributed by atoms with van der Waals surface area (Å²) in [5, 5.41) is 11.6. The third-order valence-corrected chi connectivity index (χ3v) is 7.23. The molecule has 154 valence electrons. The number of anilines is 1. The molecule has 0 unspecified atom stereocenters. The van der Waals surface area contributed by atoms with Crippen molar-refractivity contribution in [3.63, 3.8) is 0 Å². The summed E-state index contributed by atoms with van der Waals surface area (Å²) in [5.41, 5.74) is 0.224. The van der Waals surface area contributed by atoms with Crippen molar-refractivity contribution in [2.24, 2.45) is 0 Å². The number of hydrogen-bond acceptors (Lipinski definition) is 6. The number of hydrogen-bond donors (Lipinski definition) is 0. The summed E-state index contributed by atoms with van der Waals surface area (Å²) in [6, 6.07) is 13.6. The van der Waals surface area contributed by atoms with Crippen molar-refractivity contribution in [3.05, 3.63) is 58.6 Å². The standard InChI is InChI=1S/C20H23N3O5S/c24-23(25)20-13-18(29(26,27)22-11-5-2-6-12-22)9-10-19(20)21-14-17(15-21)28-16-7-3-1-4-8-16/h1,3-4,7-10,13,17H,2,5-6,11-12,14-15H2. The summed E-state index contributed by atoms with van der Waals surface area (Å²) in [7, 11) is -3.72. The molecule has 0 aromatic heterocycles. The molecule has 2 aromatic carbocycles. The van der Waals surface area contributed by atoms with E-state index in [2.05, 4.69) is 0 Å². The van der Waals surface area contributed by atoms with Gasteiger partial charge in [-0.05, 0) is 37.1 Å². The number of piperidine rings is 1. The normalized spacial score (nSPS) is 18.3. The van der Waals surface area contributed by atoms with E-state index < -0.39 is 14.9 Å². The van der Waals surface area contributed by atoms with E-state index in [4.69, 9.17) is 4.74 Å². The molecule has 2 aromatic rings. The van der Waals surface area contributed by atoms with E-state index in [1.54, 1.807) is 0 Å². The molecule has 9 heteroatoms. The molecule has 29 heavy (non-hydrogen) atoms. The number of nitro benzene ring substituents is 1. The van der Waals surface area contributed by atoms with Gasteiger partial charge in [-0.25, -0.2) is 8.42 Å². The third-order valence-electron chi connectivity index (χ3n) is 5.33. The molecule has 8 nitrogen and oxygen atoms in total. The van der Waals surface area contributed by atoms with Gasteiger partial charge in [0.05, 0.1) is 22.9 Å². The highest BCUT2D eigenvalue weighted by Crippen LogP contribution is 2.35. The van der Waals surface area contributed by atoms with Crippen molar-refractivity contribution in [2.45, 2.75) is 30.3 Å². The number of para-hydroxylation sites is 1. The lowest BCUT2D eigenvalue weighted by Crippen LogP contribution is -2.54. The fourth-order valence-electron chi connectivity index (χ4n) is 3.73. The maximum absolute atomic E-state index is 12.9. The molecule has 0 spiro atoms. The smallest absolute Gasteiger partial charge is 0.293 e. The molecule has 2 saturated heterocycles. The minimum Gasteiger partial charge on any atom is -0.487 e. The van der Waals surface area contributed by atoms with Gasteiger partial charge in [-0.1, -0.05) is 24.6 Å². The molecule has 2 heterocycles. The Hall–Kier alpha value is -2.65. The van der Waals surface area contributed by atoms with Crippen LogP contribution in [0, 0.1) is 10.1 Å². The van der Waals surface area contributed by atoms with E-state index in [-0.39, 0.29) is 16.7 Å². The zero-order valence-corrected chi connectivity index (χ0v) is 16.8. The highest BCUT2D eigenvalue weighted by Gasteiger charge is 2.35. The second-order valence-corrected chi connectivity index (χ2v) is 9.27. The fraction of sp³-hybridized carbons (Fsp3) is 0.400. The first-order valence-electron chi connectivity index (χ1n) is 9.70. The minimum atomic E-state index is -3.72. The van der Waals surface area contributed by atoms with Crippen LogP contribution >= 0.6 is 0 Å².